The molecule has 4 nitrogen and oxygen atoms in total. The van der Waals surface area contributed by atoms with Crippen molar-refractivity contribution in [2.24, 2.45) is 0 Å². The lowest BCUT2D eigenvalue weighted by atomic mass is 9.32. The Morgan fingerprint density at radius 1 is 0.306 bits per heavy atom. The molecule has 0 unspecified atom stereocenters. The van der Waals surface area contributed by atoms with Crippen molar-refractivity contribution in [1.29, 1.82) is 0 Å². The smallest absolute Gasteiger partial charge is 0.253 e. The third kappa shape index (κ3) is 7.81. The van der Waals surface area contributed by atoms with Gasteiger partial charge in [0.1, 0.15) is 0 Å². The summed E-state index contributed by atoms with van der Waals surface area (Å²) in [6.45, 7) is 28.2. The van der Waals surface area contributed by atoms with Gasteiger partial charge in [0.25, 0.3) is 6.71 Å². The molecular weight excluding hydrogens is 1030 g/mol. The summed E-state index contributed by atoms with van der Waals surface area (Å²) in [6.07, 6.45) is 0. The van der Waals surface area contributed by atoms with Crippen LogP contribution in [-0.2, 0) is 21.7 Å². The Balaban J connectivity index is 1.15. The summed E-state index contributed by atoms with van der Waals surface area (Å²) in [5.74, 6) is 0.705. The van der Waals surface area contributed by atoms with E-state index in [1.807, 2.05) is 0 Å². The molecule has 0 atom stereocenters. The van der Waals surface area contributed by atoms with Crippen LogP contribution >= 0.6 is 0 Å². The molecule has 0 N–H and O–H groups in total. The zero-order chi connectivity index (χ0) is 58.4. The number of hydrogen-bond donors (Lipinski definition) is 0. The molecule has 2 aliphatic rings. The lowest BCUT2D eigenvalue weighted by molar-refractivity contribution is 0.568. The minimum atomic E-state index is -0.200. The molecular formula is C80H69BN4. The van der Waals surface area contributed by atoms with Crippen molar-refractivity contribution in [3.05, 3.63) is 222 Å². The summed E-state index contributed by atoms with van der Waals surface area (Å²) >= 11 is 0. The minimum absolute atomic E-state index is 0.143. The summed E-state index contributed by atoms with van der Waals surface area (Å²) in [7, 11) is 0. The van der Waals surface area contributed by atoms with E-state index in [-0.39, 0.29) is 28.4 Å². The molecule has 412 valence electrons. The van der Waals surface area contributed by atoms with Crippen LogP contribution < -0.4 is 26.2 Å². The molecule has 2 aliphatic heterocycles. The summed E-state index contributed by atoms with van der Waals surface area (Å²) in [4.78, 5) is 16.4. The van der Waals surface area contributed by atoms with Gasteiger partial charge in [-0.3, -0.25) is 0 Å². The van der Waals surface area contributed by atoms with Gasteiger partial charge in [-0.15, -0.1) is 0 Å². The van der Waals surface area contributed by atoms with Crippen molar-refractivity contribution in [3.63, 3.8) is 0 Å². The van der Waals surface area contributed by atoms with Gasteiger partial charge in [0.2, 0.25) is 0 Å². The number of anilines is 6. The second kappa shape index (κ2) is 17.7. The highest BCUT2D eigenvalue weighted by molar-refractivity contribution is 7.03. The standard InChI is InChI=1S/C80H69BN4/c1-77(2,3)54-40-55(78(4,5)6)43-58(42-54)84-64-36-51-30-28-46-22-18-24-48-32-34-61(70(51)68(46)48)72(64)81-73-62-35-33-49-25-19-23-47-29-31-52(71(62)69(47)49)37-65(73)85(59-44-56(79(7,8)9)41-57(45-59)80(10,11)12)67-39-53(38-66(84)74(67)81)75-60-26-16-17-27-63(60)82-76(83-75)50-20-14-13-15-21-50/h13-45H,1-12H3. The highest BCUT2D eigenvalue weighted by Gasteiger charge is 2.47. The van der Waals surface area contributed by atoms with Crippen molar-refractivity contribution < 1.29 is 0 Å². The van der Waals surface area contributed by atoms with Crippen molar-refractivity contribution in [2.45, 2.75) is 105 Å². The van der Waals surface area contributed by atoms with Crippen molar-refractivity contribution in [3.8, 4) is 22.6 Å². The van der Waals surface area contributed by atoms with Crippen LogP contribution in [0.15, 0.2) is 200 Å². The van der Waals surface area contributed by atoms with Crippen LogP contribution in [0.5, 0.6) is 0 Å². The largest absolute Gasteiger partial charge is 0.311 e. The number of fused-ring (bicyclic) bond motifs is 7. The molecule has 0 spiro atoms. The van der Waals surface area contributed by atoms with Crippen LogP contribution in [0.1, 0.15) is 105 Å². The number of nitrogens with zero attached hydrogens (tertiary/aromatic N) is 4. The van der Waals surface area contributed by atoms with Gasteiger partial charge in [0.15, 0.2) is 5.82 Å². The van der Waals surface area contributed by atoms with E-state index in [0.717, 1.165) is 50.5 Å². The molecule has 0 fully saturated rings. The number of benzene rings is 13. The molecule has 0 saturated carbocycles. The first-order valence-corrected chi connectivity index (χ1v) is 30.5. The van der Waals surface area contributed by atoms with Gasteiger partial charge < -0.3 is 9.80 Å². The van der Waals surface area contributed by atoms with Crippen molar-refractivity contribution in [2.75, 3.05) is 9.80 Å². The Morgan fingerprint density at radius 2 is 0.706 bits per heavy atom. The van der Waals surface area contributed by atoms with Gasteiger partial charge in [-0.2, -0.15) is 0 Å². The zero-order valence-electron chi connectivity index (χ0n) is 50.9. The lowest BCUT2D eigenvalue weighted by Crippen LogP contribution is -2.62. The third-order valence-electron chi connectivity index (χ3n) is 19.0. The Hall–Kier alpha value is -9.06. The van der Waals surface area contributed by atoms with E-state index in [2.05, 4.69) is 293 Å². The predicted octanol–water partition coefficient (Wildman–Crippen LogP) is 20.0. The topological polar surface area (TPSA) is 32.3 Å². The maximum absolute atomic E-state index is 5.71. The van der Waals surface area contributed by atoms with Crippen LogP contribution in [0, 0.1) is 0 Å². The number of aromatic nitrogens is 2. The van der Waals surface area contributed by atoms with Gasteiger partial charge in [-0.25, -0.2) is 9.97 Å². The Morgan fingerprint density at radius 3 is 1.15 bits per heavy atom. The molecule has 0 radical (unpaired) electrons. The molecule has 5 heteroatoms. The van der Waals surface area contributed by atoms with E-state index in [1.54, 1.807) is 0 Å². The first-order chi connectivity index (χ1) is 40.7. The predicted molar refractivity (Wildman–Crippen MR) is 367 cm³/mol. The van der Waals surface area contributed by atoms with E-state index in [9.17, 15) is 0 Å². The molecule has 0 amide bonds. The Kier molecular flexibility index (Phi) is 10.8. The van der Waals surface area contributed by atoms with Gasteiger partial charge >= 0.3 is 0 Å². The second-order valence-electron chi connectivity index (χ2n) is 28.7. The second-order valence-corrected chi connectivity index (χ2v) is 28.7. The van der Waals surface area contributed by atoms with Crippen molar-refractivity contribution >= 4 is 133 Å². The highest BCUT2D eigenvalue weighted by atomic mass is 15.2. The van der Waals surface area contributed by atoms with Gasteiger partial charge in [-0.1, -0.05) is 229 Å². The summed E-state index contributed by atoms with van der Waals surface area (Å²) < 4.78 is 0. The molecule has 0 bridgehead atoms. The van der Waals surface area contributed by atoms with E-state index < -0.39 is 0 Å². The fraction of sp³-hybridized carbons (Fsp3) is 0.200. The summed E-state index contributed by atoms with van der Waals surface area (Å²) in [5, 5.41) is 16.4. The van der Waals surface area contributed by atoms with E-state index in [0.29, 0.717) is 5.82 Å². The zero-order valence-corrected chi connectivity index (χ0v) is 50.9. The molecule has 3 heterocycles. The lowest BCUT2D eigenvalue weighted by Gasteiger charge is -2.46. The van der Waals surface area contributed by atoms with Crippen LogP contribution in [-0.4, -0.2) is 16.7 Å². The molecule has 14 aromatic rings. The molecule has 16 rings (SSSR count). The molecule has 0 aliphatic carbocycles. The normalized spacial score (nSPS) is 13.8. The van der Waals surface area contributed by atoms with Crippen molar-refractivity contribution in [1.82, 2.24) is 9.97 Å². The quantitative estimate of drug-likeness (QED) is 0.130. The maximum atomic E-state index is 5.71. The van der Waals surface area contributed by atoms with E-state index in [1.165, 1.54) is 115 Å². The first kappa shape index (κ1) is 51.6. The molecule has 13 aromatic carbocycles. The fourth-order valence-corrected chi connectivity index (χ4v) is 14.5. The van der Waals surface area contributed by atoms with Gasteiger partial charge in [0.05, 0.1) is 11.2 Å². The van der Waals surface area contributed by atoms with E-state index in [4.69, 9.17) is 9.97 Å². The summed E-state index contributed by atoms with van der Waals surface area (Å²) in [6, 6.07) is 76.9. The maximum Gasteiger partial charge on any atom is 0.253 e. The van der Waals surface area contributed by atoms with Crippen LogP contribution in [0.2, 0.25) is 0 Å². The molecule has 85 heavy (non-hydrogen) atoms. The Labute approximate surface area is 499 Å². The number of para-hydroxylation sites is 1. The van der Waals surface area contributed by atoms with Crippen LogP contribution in [0.25, 0.3) is 98.2 Å². The molecule has 1 aromatic heterocycles. The number of rotatable bonds is 4. The van der Waals surface area contributed by atoms with Crippen LogP contribution in [0.4, 0.5) is 34.1 Å². The minimum Gasteiger partial charge on any atom is -0.311 e. The first-order valence-electron chi connectivity index (χ1n) is 30.5. The van der Waals surface area contributed by atoms with E-state index >= 15 is 0 Å². The Bertz CT molecular complexity index is 4770. The third-order valence-corrected chi connectivity index (χ3v) is 19.0. The average molecular weight is 1100 g/mol. The van der Waals surface area contributed by atoms with Gasteiger partial charge in [-0.05, 0) is 180 Å². The fourth-order valence-electron chi connectivity index (χ4n) is 14.5. The number of hydrogen-bond acceptors (Lipinski definition) is 4. The molecule has 0 saturated heterocycles. The van der Waals surface area contributed by atoms with Gasteiger partial charge in [0, 0.05) is 50.6 Å². The van der Waals surface area contributed by atoms with Crippen LogP contribution in [0.3, 0.4) is 0 Å². The SMILES string of the molecule is CC(C)(C)c1cc(N2c3cc(-c4nc(-c5ccccc5)nc5ccccc45)cc4c3B(c3c2cc2ccc5cccc6ccc3c2c56)c2c(cc3ccc5cccc6ccc2c3c56)N4c2cc(C(C)(C)C)cc(C(C)(C)C)c2)cc(C(C)(C)C)c1. The monoisotopic (exact) mass is 1100 g/mol. The average Bonchev–Trinajstić information content (AvgIpc) is 0.694. The highest BCUT2D eigenvalue weighted by Crippen LogP contribution is 2.52. The summed E-state index contributed by atoms with van der Waals surface area (Å²) in [5.41, 5.74) is 19.4.